The number of carbonyl (C=O) groups excluding carboxylic acids is 2. The van der Waals surface area contributed by atoms with Crippen molar-refractivity contribution in [2.75, 3.05) is 31.6 Å². The van der Waals surface area contributed by atoms with Gasteiger partial charge in [0.25, 0.3) is 5.91 Å². The Morgan fingerprint density at radius 2 is 1.96 bits per heavy atom. The van der Waals surface area contributed by atoms with E-state index < -0.39 is 12.1 Å². The van der Waals surface area contributed by atoms with Crippen LogP contribution in [0.4, 0.5) is 5.69 Å². The molecule has 1 unspecified atom stereocenters. The Kier molecular flexibility index (Phi) is 4.76. The molecule has 2 aliphatic heterocycles. The smallest absolute Gasteiger partial charge is 0.306 e. The lowest BCUT2D eigenvalue weighted by molar-refractivity contribution is -0.143. The lowest BCUT2D eigenvalue weighted by Gasteiger charge is -2.31. The maximum atomic E-state index is 12.6. The molecule has 2 aliphatic rings. The van der Waals surface area contributed by atoms with E-state index in [1.54, 1.807) is 32.2 Å². The number of benzene rings is 1. The molecule has 1 atom stereocenters. The molecule has 1 aromatic carbocycles. The van der Waals surface area contributed by atoms with Crippen molar-refractivity contribution in [1.29, 1.82) is 0 Å². The van der Waals surface area contributed by atoms with Gasteiger partial charge in [0.05, 0.1) is 18.2 Å². The molecule has 7 nitrogen and oxygen atoms in total. The van der Waals surface area contributed by atoms with Gasteiger partial charge in [-0.3, -0.25) is 19.3 Å². The molecular formula is C18H22N2O5. The number of nitrogens with zero attached hydrogens (tertiary/aromatic N) is 2. The van der Waals surface area contributed by atoms with Crippen molar-refractivity contribution in [1.82, 2.24) is 4.90 Å². The summed E-state index contributed by atoms with van der Waals surface area (Å²) in [5, 5.41) is 9.03. The number of carboxylic acid groups (broad SMARTS) is 1. The highest BCUT2D eigenvalue weighted by Crippen LogP contribution is 2.34. The Hall–Kier alpha value is -2.41. The first-order chi connectivity index (χ1) is 11.9. The number of fused-ring (bicyclic) bond motifs is 1. The third-order valence-corrected chi connectivity index (χ3v) is 4.93. The van der Waals surface area contributed by atoms with E-state index in [9.17, 15) is 14.4 Å². The lowest BCUT2D eigenvalue weighted by atomic mass is 9.96. The minimum Gasteiger partial charge on any atom is -0.481 e. The molecule has 1 amide bonds. The zero-order valence-corrected chi connectivity index (χ0v) is 14.4. The largest absolute Gasteiger partial charge is 0.481 e. The van der Waals surface area contributed by atoms with Gasteiger partial charge < -0.3 is 14.7 Å². The highest BCUT2D eigenvalue weighted by Gasteiger charge is 2.30. The van der Waals surface area contributed by atoms with Crippen LogP contribution >= 0.6 is 0 Å². The van der Waals surface area contributed by atoms with Crippen molar-refractivity contribution >= 4 is 23.3 Å². The van der Waals surface area contributed by atoms with Gasteiger partial charge in [-0.05, 0) is 51.1 Å². The molecule has 1 fully saturated rings. The van der Waals surface area contributed by atoms with Crippen molar-refractivity contribution in [3.63, 3.8) is 0 Å². The number of carboxylic acids is 1. The second-order valence-corrected chi connectivity index (χ2v) is 6.65. The zero-order chi connectivity index (χ0) is 18.1. The Morgan fingerprint density at radius 1 is 1.28 bits per heavy atom. The summed E-state index contributed by atoms with van der Waals surface area (Å²) in [6, 6.07) is 5.12. The number of rotatable bonds is 4. The maximum absolute atomic E-state index is 12.6. The number of carbonyl (C=O) groups is 3. The van der Waals surface area contributed by atoms with Gasteiger partial charge in [-0.15, -0.1) is 0 Å². The van der Waals surface area contributed by atoms with E-state index in [-0.39, 0.29) is 24.2 Å². The van der Waals surface area contributed by atoms with Crippen molar-refractivity contribution in [3.8, 4) is 5.75 Å². The van der Waals surface area contributed by atoms with Crippen LogP contribution in [0.15, 0.2) is 18.2 Å². The first-order valence-electron chi connectivity index (χ1n) is 8.43. The molecule has 1 N–H and O–H groups in total. The highest BCUT2D eigenvalue weighted by molar-refractivity contribution is 6.03. The minimum absolute atomic E-state index is 0.0453. The molecule has 1 aromatic rings. The molecule has 7 heteroatoms. The fourth-order valence-electron chi connectivity index (χ4n) is 3.32. The number of amides is 1. The van der Waals surface area contributed by atoms with E-state index in [4.69, 9.17) is 9.84 Å². The van der Waals surface area contributed by atoms with Crippen molar-refractivity contribution in [2.24, 2.45) is 5.92 Å². The van der Waals surface area contributed by atoms with Gasteiger partial charge in [0.1, 0.15) is 5.75 Å². The normalized spacial score (nSPS) is 21.6. The van der Waals surface area contributed by atoms with Crippen LogP contribution in [0, 0.1) is 5.92 Å². The summed E-state index contributed by atoms with van der Waals surface area (Å²) in [5.74, 6) is -0.672. The van der Waals surface area contributed by atoms with Crippen LogP contribution < -0.4 is 9.64 Å². The van der Waals surface area contributed by atoms with E-state index >= 15 is 0 Å². The van der Waals surface area contributed by atoms with Crippen LogP contribution in [0.5, 0.6) is 5.75 Å². The summed E-state index contributed by atoms with van der Waals surface area (Å²) in [4.78, 5) is 39.1. The van der Waals surface area contributed by atoms with Gasteiger partial charge in [0, 0.05) is 12.6 Å². The predicted octanol–water partition coefficient (Wildman–Crippen LogP) is 1.41. The van der Waals surface area contributed by atoms with E-state index in [2.05, 4.69) is 0 Å². The third-order valence-electron chi connectivity index (χ3n) is 4.93. The first kappa shape index (κ1) is 17.4. The van der Waals surface area contributed by atoms with E-state index in [1.165, 1.54) is 4.90 Å². The summed E-state index contributed by atoms with van der Waals surface area (Å²) in [6.07, 6.45) is 0.598. The first-order valence-corrected chi connectivity index (χ1v) is 8.43. The summed E-state index contributed by atoms with van der Waals surface area (Å²) in [5.41, 5.74) is 1.12. The molecule has 25 heavy (non-hydrogen) atoms. The maximum Gasteiger partial charge on any atom is 0.306 e. The van der Waals surface area contributed by atoms with Crippen molar-refractivity contribution in [2.45, 2.75) is 25.9 Å². The molecular weight excluding hydrogens is 324 g/mol. The van der Waals surface area contributed by atoms with Gasteiger partial charge in [-0.25, -0.2) is 0 Å². The van der Waals surface area contributed by atoms with Gasteiger partial charge >= 0.3 is 5.97 Å². The number of Topliss-reactive ketones (excluding diaryl/α,β-unsaturated/α-hetero) is 1. The van der Waals surface area contributed by atoms with E-state index in [1.807, 2.05) is 4.90 Å². The van der Waals surface area contributed by atoms with Crippen LogP contribution in [0.25, 0.3) is 0 Å². The number of likely N-dealkylation sites (tertiary alicyclic amines) is 1. The number of ether oxygens (including phenoxy) is 1. The summed E-state index contributed by atoms with van der Waals surface area (Å²) in [6.45, 7) is 3.15. The number of aliphatic carboxylic acids is 1. The molecule has 0 saturated carbocycles. The average molecular weight is 346 g/mol. The van der Waals surface area contributed by atoms with Crippen molar-refractivity contribution in [3.05, 3.63) is 23.8 Å². The summed E-state index contributed by atoms with van der Waals surface area (Å²) >= 11 is 0. The lowest BCUT2D eigenvalue weighted by Crippen LogP contribution is -2.42. The Bertz CT molecular complexity index is 709. The Morgan fingerprint density at radius 3 is 2.60 bits per heavy atom. The molecule has 0 spiro atoms. The SMILES string of the molecule is CC1Oc2ccc(C(=O)CN3CCC(C(=O)O)CC3)cc2N(C)C1=O. The molecule has 134 valence electrons. The second kappa shape index (κ2) is 6.84. The molecule has 0 bridgehead atoms. The number of piperidine rings is 1. The minimum atomic E-state index is -0.761. The standard InChI is InChI=1S/C18H22N2O5/c1-11-17(22)19(2)14-9-13(3-4-16(14)25-11)15(21)10-20-7-5-12(6-8-20)18(23)24/h3-4,9,11-12H,5-8,10H2,1-2H3,(H,23,24). The Balaban J connectivity index is 1.68. The van der Waals surface area contributed by atoms with Crippen LogP contribution in [-0.4, -0.2) is 60.5 Å². The fraction of sp³-hybridized carbons (Fsp3) is 0.500. The monoisotopic (exact) mass is 346 g/mol. The molecule has 0 radical (unpaired) electrons. The van der Waals surface area contributed by atoms with Gasteiger partial charge in [-0.1, -0.05) is 0 Å². The number of anilines is 1. The van der Waals surface area contributed by atoms with Crippen LogP contribution in [0.1, 0.15) is 30.1 Å². The summed E-state index contributed by atoms with van der Waals surface area (Å²) in [7, 11) is 1.67. The molecule has 0 aromatic heterocycles. The number of ketones is 1. The molecule has 0 aliphatic carbocycles. The molecule has 2 heterocycles. The highest BCUT2D eigenvalue weighted by atomic mass is 16.5. The number of hydrogen-bond acceptors (Lipinski definition) is 5. The van der Waals surface area contributed by atoms with Gasteiger partial charge in [0.2, 0.25) is 0 Å². The number of hydrogen-bond donors (Lipinski definition) is 1. The summed E-state index contributed by atoms with van der Waals surface area (Å²) < 4.78 is 5.56. The predicted molar refractivity (Wildman–Crippen MR) is 91.1 cm³/mol. The second-order valence-electron chi connectivity index (χ2n) is 6.65. The third kappa shape index (κ3) is 3.51. The molecule has 1 saturated heterocycles. The van der Waals surface area contributed by atoms with E-state index in [0.29, 0.717) is 42.9 Å². The quantitative estimate of drug-likeness (QED) is 0.830. The van der Waals surface area contributed by atoms with Crippen LogP contribution in [0.2, 0.25) is 0 Å². The van der Waals surface area contributed by atoms with Crippen molar-refractivity contribution < 1.29 is 24.2 Å². The van der Waals surface area contributed by atoms with Gasteiger partial charge in [0.15, 0.2) is 11.9 Å². The van der Waals surface area contributed by atoms with Crippen LogP contribution in [0.3, 0.4) is 0 Å². The van der Waals surface area contributed by atoms with Crippen LogP contribution in [-0.2, 0) is 9.59 Å². The number of likely N-dealkylation sites (N-methyl/N-ethyl adjacent to an activating group) is 1. The average Bonchev–Trinajstić information content (AvgIpc) is 2.60. The molecule has 3 rings (SSSR count). The van der Waals surface area contributed by atoms with E-state index in [0.717, 1.165) is 0 Å². The zero-order valence-electron chi connectivity index (χ0n) is 14.4. The topological polar surface area (TPSA) is 87.2 Å². The Labute approximate surface area is 146 Å². The fourth-order valence-corrected chi connectivity index (χ4v) is 3.32. The van der Waals surface area contributed by atoms with Gasteiger partial charge in [-0.2, -0.15) is 0 Å².